The van der Waals surface area contributed by atoms with Crippen molar-refractivity contribution < 1.29 is 34.0 Å². The summed E-state index contributed by atoms with van der Waals surface area (Å²) in [6.07, 6.45) is 0.112. The Labute approximate surface area is 282 Å². The van der Waals surface area contributed by atoms with Crippen molar-refractivity contribution in [3.8, 4) is 22.9 Å². The van der Waals surface area contributed by atoms with Gasteiger partial charge in [-0.05, 0) is 62.4 Å². The molecule has 0 fully saturated rings. The van der Waals surface area contributed by atoms with E-state index < -0.39 is 6.04 Å². The number of halogens is 1. The minimum absolute atomic E-state index is 0.112. The molecule has 1 aliphatic heterocycles. The molecule has 2 amide bonds. The van der Waals surface area contributed by atoms with E-state index in [9.17, 15) is 19.8 Å². The molecule has 1 aliphatic rings. The summed E-state index contributed by atoms with van der Waals surface area (Å²) in [5.41, 5.74) is 3.35. The third-order valence-corrected chi connectivity index (χ3v) is 7.66. The fourth-order valence-electron chi connectivity index (χ4n) is 5.13. The van der Waals surface area contributed by atoms with E-state index in [2.05, 4.69) is 20.8 Å². The third kappa shape index (κ3) is 8.48. The van der Waals surface area contributed by atoms with Crippen LogP contribution in [0.5, 0.6) is 17.2 Å². The third-order valence-electron chi connectivity index (χ3n) is 7.41. The zero-order chi connectivity index (χ0) is 34.0. The van der Waals surface area contributed by atoms with Crippen LogP contribution in [-0.2, 0) is 14.3 Å². The summed E-state index contributed by atoms with van der Waals surface area (Å²) in [7, 11) is 0. The number of nitrogens with one attached hydrogen (secondary N) is 2. The maximum atomic E-state index is 12.7. The molecule has 0 saturated carbocycles. The molecule has 1 atom stereocenters. The Kier molecular flexibility index (Phi) is 11.6. The number of ether oxygens (including phenoxy) is 3. The summed E-state index contributed by atoms with van der Waals surface area (Å²) in [6, 6.07) is 16.4. The Bertz CT molecular complexity index is 1780. The molecule has 3 aromatic carbocycles. The normalized spacial score (nSPS) is 13.6. The number of benzene rings is 3. The molecule has 48 heavy (non-hydrogen) atoms. The number of carbonyl (C=O) groups excluding carboxylic acids is 2. The second-order valence-corrected chi connectivity index (χ2v) is 11.2. The standard InChI is InChI=1S/C34H37ClN6O7/c1-3-36-31(44)20-27-33-40-39-21(2)41(33)28-10-9-25(19-26(28)32(38-27)22-4-7-24(35)8-5-22)48-17-16-47-15-14-46-13-12-37-34(45)23-6-11-29(42)30(43)18-23/h4-11,18-19,27,42-43H,3,12-17,20H2,1-2H3,(H,36,44)(H,37,45). The number of amides is 2. The maximum Gasteiger partial charge on any atom is 0.251 e. The van der Waals surface area contributed by atoms with Gasteiger partial charge in [0.05, 0.1) is 44.2 Å². The van der Waals surface area contributed by atoms with E-state index in [-0.39, 0.29) is 48.4 Å². The highest BCUT2D eigenvalue weighted by Crippen LogP contribution is 2.34. The Morgan fingerprint density at radius 3 is 2.40 bits per heavy atom. The predicted octanol–water partition coefficient (Wildman–Crippen LogP) is 3.90. The van der Waals surface area contributed by atoms with E-state index in [1.807, 2.05) is 48.7 Å². The van der Waals surface area contributed by atoms with E-state index in [1.165, 1.54) is 18.2 Å². The molecule has 1 unspecified atom stereocenters. The number of aryl methyl sites for hydroxylation is 1. The molecule has 0 saturated heterocycles. The van der Waals surface area contributed by atoms with Crippen molar-refractivity contribution in [2.45, 2.75) is 26.3 Å². The lowest BCUT2D eigenvalue weighted by Gasteiger charge is -2.15. The van der Waals surface area contributed by atoms with E-state index in [0.29, 0.717) is 61.1 Å². The van der Waals surface area contributed by atoms with E-state index in [4.69, 9.17) is 30.8 Å². The zero-order valence-corrected chi connectivity index (χ0v) is 27.4. The van der Waals surface area contributed by atoms with E-state index >= 15 is 0 Å². The van der Waals surface area contributed by atoms with Crippen molar-refractivity contribution >= 4 is 29.1 Å². The first-order valence-electron chi connectivity index (χ1n) is 15.5. The first-order valence-corrected chi connectivity index (χ1v) is 15.9. The number of nitrogens with zero attached hydrogens (tertiary/aromatic N) is 4. The molecule has 2 heterocycles. The second kappa shape index (κ2) is 16.2. The Balaban J connectivity index is 1.17. The Hall–Kier alpha value is -4.98. The van der Waals surface area contributed by atoms with Crippen molar-refractivity contribution in [3.05, 3.63) is 94.0 Å². The number of hydrogen-bond donors (Lipinski definition) is 4. The molecule has 14 heteroatoms. The van der Waals surface area contributed by atoms with Crippen molar-refractivity contribution in [1.29, 1.82) is 0 Å². The maximum absolute atomic E-state index is 12.7. The lowest BCUT2D eigenvalue weighted by Crippen LogP contribution is -2.27. The van der Waals surface area contributed by atoms with Gasteiger partial charge < -0.3 is 35.1 Å². The van der Waals surface area contributed by atoms with E-state index in [0.717, 1.165) is 16.8 Å². The fourth-order valence-corrected chi connectivity index (χ4v) is 5.25. The zero-order valence-electron chi connectivity index (χ0n) is 26.6. The number of aromatic hydroxyl groups is 2. The largest absolute Gasteiger partial charge is 0.504 e. The number of hydrogen-bond acceptors (Lipinski definition) is 10. The SMILES string of the molecule is CCNC(=O)CC1N=C(c2ccc(Cl)cc2)c2cc(OCCOCCOCCNC(=O)c3ccc(O)c(O)c3)ccc2-n2c(C)nnc21. The molecule has 0 bridgehead atoms. The summed E-state index contributed by atoms with van der Waals surface area (Å²) >= 11 is 6.20. The average molecular weight is 677 g/mol. The number of phenolic OH excluding ortho intramolecular Hbond substituents is 2. The quantitative estimate of drug-likeness (QED) is 0.108. The molecule has 252 valence electrons. The molecule has 0 aliphatic carbocycles. The molecule has 1 aromatic heterocycles. The van der Waals surface area contributed by atoms with Gasteiger partial charge >= 0.3 is 0 Å². The van der Waals surface area contributed by atoms with Gasteiger partial charge in [-0.15, -0.1) is 10.2 Å². The summed E-state index contributed by atoms with van der Waals surface area (Å²) in [5.74, 6) is 0.695. The van der Waals surface area contributed by atoms with Gasteiger partial charge in [0.15, 0.2) is 17.3 Å². The minimum Gasteiger partial charge on any atom is -0.504 e. The predicted molar refractivity (Wildman–Crippen MR) is 178 cm³/mol. The average Bonchev–Trinajstić information content (AvgIpc) is 3.40. The highest BCUT2D eigenvalue weighted by Gasteiger charge is 2.30. The fraction of sp³-hybridized carbons (Fsp3) is 0.324. The second-order valence-electron chi connectivity index (χ2n) is 10.8. The van der Waals surface area contributed by atoms with Crippen LogP contribution in [-0.4, -0.2) is 88.6 Å². The van der Waals surface area contributed by atoms with Crippen molar-refractivity contribution in [3.63, 3.8) is 0 Å². The van der Waals surface area contributed by atoms with Gasteiger partial charge in [0, 0.05) is 34.8 Å². The monoisotopic (exact) mass is 676 g/mol. The molecular weight excluding hydrogens is 640 g/mol. The molecule has 4 N–H and O–H groups in total. The summed E-state index contributed by atoms with van der Waals surface area (Å²) in [5, 5.41) is 33.8. The first-order chi connectivity index (χ1) is 23.2. The lowest BCUT2D eigenvalue weighted by atomic mass is 10.00. The van der Waals surface area contributed by atoms with Gasteiger partial charge in [-0.2, -0.15) is 0 Å². The summed E-state index contributed by atoms with van der Waals surface area (Å²) in [6.45, 7) is 6.07. The van der Waals surface area contributed by atoms with Crippen molar-refractivity contribution in [1.82, 2.24) is 25.4 Å². The van der Waals surface area contributed by atoms with Crippen LogP contribution in [0, 0.1) is 6.92 Å². The van der Waals surface area contributed by atoms with Gasteiger partial charge in [0.1, 0.15) is 24.2 Å². The van der Waals surface area contributed by atoms with E-state index in [1.54, 1.807) is 12.1 Å². The van der Waals surface area contributed by atoms with Gasteiger partial charge in [0.25, 0.3) is 5.91 Å². The minimum atomic E-state index is -0.569. The Morgan fingerprint density at radius 1 is 0.896 bits per heavy atom. The molecule has 0 radical (unpaired) electrons. The first kappa shape index (κ1) is 34.4. The number of fused-ring (bicyclic) bond motifs is 3. The van der Waals surface area contributed by atoms with Crippen LogP contribution in [0.15, 0.2) is 65.7 Å². The van der Waals surface area contributed by atoms with Crippen molar-refractivity contribution in [2.24, 2.45) is 4.99 Å². The van der Waals surface area contributed by atoms with Gasteiger partial charge in [0.2, 0.25) is 5.91 Å². The molecule has 5 rings (SSSR count). The van der Waals surface area contributed by atoms with Crippen LogP contribution in [0.4, 0.5) is 0 Å². The molecule has 13 nitrogen and oxygen atoms in total. The summed E-state index contributed by atoms with van der Waals surface area (Å²) < 4.78 is 19.1. The van der Waals surface area contributed by atoms with Crippen molar-refractivity contribution in [2.75, 3.05) is 46.1 Å². The lowest BCUT2D eigenvalue weighted by molar-refractivity contribution is -0.121. The number of aliphatic imine (C=N–C) groups is 1. The highest BCUT2D eigenvalue weighted by atomic mass is 35.5. The van der Waals surface area contributed by atoms with Crippen LogP contribution in [0.1, 0.15) is 52.5 Å². The number of aromatic nitrogens is 3. The molecular formula is C34H37ClN6O7. The molecule has 4 aromatic rings. The molecule has 0 spiro atoms. The Morgan fingerprint density at radius 2 is 1.65 bits per heavy atom. The number of rotatable bonds is 15. The van der Waals surface area contributed by atoms with Crippen LogP contribution in [0.3, 0.4) is 0 Å². The number of phenols is 2. The summed E-state index contributed by atoms with van der Waals surface area (Å²) in [4.78, 5) is 29.9. The van der Waals surface area contributed by atoms with Crippen LogP contribution in [0.25, 0.3) is 5.69 Å². The topological polar surface area (TPSA) is 169 Å². The van der Waals surface area contributed by atoms with Crippen LogP contribution < -0.4 is 15.4 Å². The highest BCUT2D eigenvalue weighted by molar-refractivity contribution is 6.30. The smallest absolute Gasteiger partial charge is 0.251 e. The van der Waals surface area contributed by atoms with Crippen LogP contribution >= 0.6 is 11.6 Å². The van der Waals surface area contributed by atoms with Gasteiger partial charge in [-0.3, -0.25) is 19.1 Å². The van der Waals surface area contributed by atoms with Crippen LogP contribution in [0.2, 0.25) is 5.02 Å². The van der Waals surface area contributed by atoms with Gasteiger partial charge in [-0.1, -0.05) is 23.7 Å². The van der Waals surface area contributed by atoms with Gasteiger partial charge in [-0.25, -0.2) is 0 Å². The number of carbonyl (C=O) groups is 2.